The lowest BCUT2D eigenvalue weighted by Crippen LogP contribution is -1.94. The van der Waals surface area contributed by atoms with Gasteiger partial charge in [-0.2, -0.15) is 0 Å². The Kier molecular flexibility index (Phi) is 1.63. The summed E-state index contributed by atoms with van der Waals surface area (Å²) in [5, 5.41) is 1.33. The van der Waals surface area contributed by atoms with Gasteiger partial charge in [-0.3, -0.25) is 0 Å². The van der Waals surface area contributed by atoms with Crippen molar-refractivity contribution in [2.45, 2.75) is 0 Å². The molecule has 2 aromatic carbocycles. The van der Waals surface area contributed by atoms with E-state index in [4.69, 9.17) is 15.9 Å². The van der Waals surface area contributed by atoms with Crippen LogP contribution in [0.5, 0.6) is 0 Å². The van der Waals surface area contributed by atoms with Crippen molar-refractivity contribution >= 4 is 33.3 Å². The Morgan fingerprint density at radius 3 is 2.69 bits per heavy atom. The van der Waals surface area contributed by atoms with Crippen molar-refractivity contribution in [3.05, 3.63) is 36.1 Å². The average Bonchev–Trinajstić information content (AvgIpc) is 2.66. The van der Waals surface area contributed by atoms with E-state index in [0.717, 1.165) is 5.39 Å². The van der Waals surface area contributed by atoms with Crippen molar-refractivity contribution in [2.75, 3.05) is 11.5 Å². The van der Waals surface area contributed by atoms with Crippen molar-refractivity contribution in [1.82, 2.24) is 0 Å². The molecule has 16 heavy (non-hydrogen) atoms. The van der Waals surface area contributed by atoms with Crippen molar-refractivity contribution in [3.63, 3.8) is 0 Å². The lowest BCUT2D eigenvalue weighted by Gasteiger charge is -2.00. The standard InChI is InChI=1S/C12H9FN2O/c13-7-5-8(14)12-10(11(7)15)6-3-1-2-4-9(6)16-12/h1-5H,14-15H2. The zero-order valence-corrected chi connectivity index (χ0v) is 8.33. The van der Waals surface area contributed by atoms with Crippen LogP contribution >= 0.6 is 0 Å². The normalized spacial score (nSPS) is 11.3. The first-order valence-electron chi connectivity index (χ1n) is 4.83. The van der Waals surface area contributed by atoms with Crippen molar-refractivity contribution in [1.29, 1.82) is 0 Å². The lowest BCUT2D eigenvalue weighted by molar-refractivity contribution is 0.631. The highest BCUT2D eigenvalue weighted by atomic mass is 19.1. The van der Waals surface area contributed by atoms with Crippen LogP contribution < -0.4 is 11.5 Å². The highest BCUT2D eigenvalue weighted by molar-refractivity contribution is 6.14. The molecule has 1 aromatic heterocycles. The zero-order chi connectivity index (χ0) is 11.3. The van der Waals surface area contributed by atoms with E-state index in [-0.39, 0.29) is 11.4 Å². The molecular formula is C12H9FN2O. The lowest BCUT2D eigenvalue weighted by atomic mass is 10.1. The fourth-order valence-electron chi connectivity index (χ4n) is 1.92. The summed E-state index contributed by atoms with van der Waals surface area (Å²) >= 11 is 0. The summed E-state index contributed by atoms with van der Waals surface area (Å²) in [7, 11) is 0. The first-order valence-corrected chi connectivity index (χ1v) is 4.83. The Bertz CT molecular complexity index is 703. The van der Waals surface area contributed by atoms with E-state index in [0.29, 0.717) is 16.6 Å². The van der Waals surface area contributed by atoms with Crippen LogP contribution in [0, 0.1) is 5.82 Å². The van der Waals surface area contributed by atoms with Crippen molar-refractivity contribution < 1.29 is 8.81 Å². The van der Waals surface area contributed by atoms with E-state index in [9.17, 15) is 4.39 Å². The summed E-state index contributed by atoms with van der Waals surface area (Å²) in [6, 6.07) is 8.49. The second kappa shape index (κ2) is 2.88. The topological polar surface area (TPSA) is 65.2 Å². The van der Waals surface area contributed by atoms with Crippen LogP contribution in [0.2, 0.25) is 0 Å². The first kappa shape index (κ1) is 9.03. The highest BCUT2D eigenvalue weighted by Gasteiger charge is 2.15. The monoisotopic (exact) mass is 216 g/mol. The maximum atomic E-state index is 13.5. The third kappa shape index (κ3) is 1.01. The van der Waals surface area contributed by atoms with Gasteiger partial charge in [-0.1, -0.05) is 18.2 Å². The van der Waals surface area contributed by atoms with Crippen LogP contribution in [0.25, 0.3) is 21.9 Å². The highest BCUT2D eigenvalue weighted by Crippen LogP contribution is 2.37. The van der Waals surface area contributed by atoms with Crippen LogP contribution in [0.15, 0.2) is 34.7 Å². The molecule has 0 unspecified atom stereocenters. The molecule has 0 atom stereocenters. The van der Waals surface area contributed by atoms with Gasteiger partial charge in [0, 0.05) is 11.5 Å². The molecule has 3 nitrogen and oxygen atoms in total. The number of benzene rings is 2. The summed E-state index contributed by atoms with van der Waals surface area (Å²) in [5.41, 5.74) is 12.8. The third-order valence-electron chi connectivity index (χ3n) is 2.67. The van der Waals surface area contributed by atoms with Crippen LogP contribution in [-0.4, -0.2) is 0 Å². The maximum Gasteiger partial charge on any atom is 0.160 e. The van der Waals surface area contributed by atoms with E-state index in [1.807, 2.05) is 18.2 Å². The molecule has 0 aliphatic heterocycles. The summed E-state index contributed by atoms with van der Waals surface area (Å²) < 4.78 is 19.0. The summed E-state index contributed by atoms with van der Waals surface area (Å²) in [5.74, 6) is -0.517. The van der Waals surface area contributed by atoms with Gasteiger partial charge in [0.1, 0.15) is 11.4 Å². The van der Waals surface area contributed by atoms with Crippen molar-refractivity contribution in [2.24, 2.45) is 0 Å². The smallest absolute Gasteiger partial charge is 0.160 e. The summed E-state index contributed by atoms with van der Waals surface area (Å²) in [6.45, 7) is 0. The number of halogens is 1. The Morgan fingerprint density at radius 1 is 1.12 bits per heavy atom. The van der Waals surface area contributed by atoms with E-state index in [2.05, 4.69) is 0 Å². The molecular weight excluding hydrogens is 207 g/mol. The minimum Gasteiger partial charge on any atom is -0.454 e. The van der Waals surface area contributed by atoms with Crippen molar-refractivity contribution in [3.8, 4) is 0 Å². The van der Waals surface area contributed by atoms with Gasteiger partial charge in [0.15, 0.2) is 5.58 Å². The van der Waals surface area contributed by atoms with E-state index in [1.165, 1.54) is 6.07 Å². The van der Waals surface area contributed by atoms with E-state index < -0.39 is 5.82 Å². The molecule has 3 aromatic rings. The van der Waals surface area contributed by atoms with Gasteiger partial charge in [-0.15, -0.1) is 0 Å². The molecule has 0 fully saturated rings. The van der Waals surface area contributed by atoms with Crippen LogP contribution in [-0.2, 0) is 0 Å². The number of nitrogen functional groups attached to an aromatic ring is 2. The van der Waals surface area contributed by atoms with Crippen LogP contribution in [0.1, 0.15) is 0 Å². The molecule has 4 heteroatoms. The van der Waals surface area contributed by atoms with Gasteiger partial charge < -0.3 is 15.9 Å². The maximum absolute atomic E-state index is 13.5. The fourth-order valence-corrected chi connectivity index (χ4v) is 1.92. The Morgan fingerprint density at radius 2 is 1.88 bits per heavy atom. The molecule has 0 saturated carbocycles. The first-order chi connectivity index (χ1) is 7.68. The van der Waals surface area contributed by atoms with E-state index >= 15 is 0 Å². The van der Waals surface area contributed by atoms with Gasteiger partial charge in [0.25, 0.3) is 0 Å². The molecule has 0 aliphatic rings. The van der Waals surface area contributed by atoms with Gasteiger partial charge in [0.2, 0.25) is 0 Å². The molecule has 4 N–H and O–H groups in total. The fraction of sp³-hybridized carbons (Fsp3) is 0. The summed E-state index contributed by atoms with van der Waals surface area (Å²) in [4.78, 5) is 0. The van der Waals surface area contributed by atoms with Crippen LogP contribution in [0.3, 0.4) is 0 Å². The number of nitrogens with two attached hydrogens (primary N) is 2. The largest absolute Gasteiger partial charge is 0.454 e. The predicted molar refractivity (Wildman–Crippen MR) is 62.5 cm³/mol. The number of fused-ring (bicyclic) bond motifs is 3. The number of rotatable bonds is 0. The Balaban J connectivity index is 2.66. The molecule has 0 spiro atoms. The SMILES string of the molecule is Nc1cc(F)c(N)c2c1oc1ccccc12. The second-order valence-corrected chi connectivity index (χ2v) is 3.66. The van der Waals surface area contributed by atoms with Crippen LogP contribution in [0.4, 0.5) is 15.8 Å². The molecule has 0 bridgehead atoms. The minimum atomic E-state index is -0.517. The second-order valence-electron chi connectivity index (χ2n) is 3.66. The van der Waals surface area contributed by atoms with E-state index in [1.54, 1.807) is 6.07 Å². The molecule has 0 radical (unpaired) electrons. The predicted octanol–water partition coefficient (Wildman–Crippen LogP) is 2.89. The summed E-state index contributed by atoms with van der Waals surface area (Å²) in [6.07, 6.45) is 0. The molecule has 1 heterocycles. The molecule has 0 aliphatic carbocycles. The molecule has 0 saturated heterocycles. The number of furan rings is 1. The Hall–Kier alpha value is -2.23. The van der Waals surface area contributed by atoms with Gasteiger partial charge >= 0.3 is 0 Å². The minimum absolute atomic E-state index is 0.0779. The quantitative estimate of drug-likeness (QED) is 0.568. The molecule has 0 amide bonds. The zero-order valence-electron chi connectivity index (χ0n) is 8.33. The number of hydrogen-bond acceptors (Lipinski definition) is 3. The number of hydrogen-bond donors (Lipinski definition) is 2. The Labute approximate surface area is 90.4 Å². The average molecular weight is 216 g/mol. The molecule has 80 valence electrons. The van der Waals surface area contributed by atoms with Gasteiger partial charge in [0.05, 0.1) is 16.8 Å². The number of para-hydroxylation sites is 1. The molecule has 3 rings (SSSR count). The van der Waals surface area contributed by atoms with Gasteiger partial charge in [-0.25, -0.2) is 4.39 Å². The third-order valence-corrected chi connectivity index (χ3v) is 2.67. The van der Waals surface area contributed by atoms with Gasteiger partial charge in [-0.05, 0) is 6.07 Å². The number of anilines is 2.